The maximum Gasteiger partial charge on any atom is 0.223 e. The number of hydrogen-bond acceptors (Lipinski definition) is 4. The molecule has 2 aromatic carbocycles. The minimum atomic E-state index is -0.144. The topological polar surface area (TPSA) is 58.0 Å². The number of fused-ring (bicyclic) bond motifs is 1. The van der Waals surface area contributed by atoms with Gasteiger partial charge in [-0.1, -0.05) is 29.8 Å². The van der Waals surface area contributed by atoms with Crippen LogP contribution in [0.3, 0.4) is 0 Å². The third-order valence-electron chi connectivity index (χ3n) is 5.31. The summed E-state index contributed by atoms with van der Waals surface area (Å²) in [5.74, 6) is 0.679. The molecule has 26 heavy (non-hydrogen) atoms. The molecule has 0 saturated heterocycles. The first kappa shape index (κ1) is 17.0. The molecule has 0 radical (unpaired) electrons. The van der Waals surface area contributed by atoms with E-state index in [1.54, 1.807) is 0 Å². The first-order valence-electron chi connectivity index (χ1n) is 9.37. The molecule has 0 unspecified atom stereocenters. The van der Waals surface area contributed by atoms with Crippen LogP contribution in [0, 0.1) is 13.8 Å². The third-order valence-corrected chi connectivity index (χ3v) is 5.31. The molecule has 3 aromatic rings. The summed E-state index contributed by atoms with van der Waals surface area (Å²) < 4.78 is 0. The van der Waals surface area contributed by atoms with Crippen molar-refractivity contribution in [3.63, 3.8) is 0 Å². The number of aliphatic hydroxyl groups is 1. The van der Waals surface area contributed by atoms with Gasteiger partial charge in [-0.25, -0.2) is 9.97 Å². The van der Waals surface area contributed by atoms with E-state index in [9.17, 15) is 5.11 Å². The largest absolute Gasteiger partial charge is 0.393 e. The summed E-state index contributed by atoms with van der Waals surface area (Å²) >= 11 is 0. The molecule has 1 aromatic heterocycles. The number of aryl methyl sites for hydroxylation is 2. The fraction of sp³-hybridized carbons (Fsp3) is 0.364. The number of aromatic nitrogens is 2. The minimum absolute atomic E-state index is 0.144. The molecule has 4 rings (SSSR count). The van der Waals surface area contributed by atoms with E-state index in [1.165, 1.54) is 22.3 Å². The number of hydrogen-bond donors (Lipinski definition) is 2. The van der Waals surface area contributed by atoms with E-state index in [-0.39, 0.29) is 6.10 Å². The average molecular weight is 347 g/mol. The summed E-state index contributed by atoms with van der Waals surface area (Å²) in [4.78, 5) is 9.19. The van der Waals surface area contributed by atoms with E-state index in [0.29, 0.717) is 12.0 Å². The van der Waals surface area contributed by atoms with Gasteiger partial charge in [0.25, 0.3) is 0 Å². The van der Waals surface area contributed by atoms with Crippen molar-refractivity contribution < 1.29 is 5.11 Å². The number of aliphatic hydroxyl groups excluding tert-OH is 1. The molecule has 0 amide bonds. The Morgan fingerprint density at radius 3 is 2.62 bits per heavy atom. The molecule has 0 aliphatic heterocycles. The monoisotopic (exact) mass is 347 g/mol. The highest BCUT2D eigenvalue weighted by Gasteiger charge is 2.19. The highest BCUT2D eigenvalue weighted by molar-refractivity contribution is 5.85. The standard InChI is InChI=1S/C22H25N3O/c1-14-3-4-15(2)20(11-14)16-5-10-21-17(12-16)13-23-22(25-21)24-18-6-8-19(26)9-7-18/h3-5,10-13,18-19,26H,6-9H2,1-2H3,(H,23,24,25). The van der Waals surface area contributed by atoms with Crippen molar-refractivity contribution in [2.24, 2.45) is 0 Å². The molecule has 1 aliphatic rings. The van der Waals surface area contributed by atoms with Crippen LogP contribution < -0.4 is 5.32 Å². The number of nitrogens with one attached hydrogen (secondary N) is 1. The lowest BCUT2D eigenvalue weighted by Crippen LogP contribution is -2.28. The summed E-state index contributed by atoms with van der Waals surface area (Å²) in [6, 6.07) is 13.3. The van der Waals surface area contributed by atoms with Crippen LogP contribution in [0.5, 0.6) is 0 Å². The van der Waals surface area contributed by atoms with Gasteiger partial charge in [0.05, 0.1) is 11.6 Å². The van der Waals surface area contributed by atoms with Gasteiger partial charge in [0.15, 0.2) is 0 Å². The number of rotatable bonds is 3. The quantitative estimate of drug-likeness (QED) is 0.725. The van der Waals surface area contributed by atoms with Crippen molar-refractivity contribution in [3.8, 4) is 11.1 Å². The molecule has 4 nitrogen and oxygen atoms in total. The first-order valence-corrected chi connectivity index (χ1v) is 9.37. The Morgan fingerprint density at radius 2 is 1.81 bits per heavy atom. The van der Waals surface area contributed by atoms with E-state index >= 15 is 0 Å². The van der Waals surface area contributed by atoms with Gasteiger partial charge in [-0.3, -0.25) is 0 Å². The molecule has 1 aliphatic carbocycles. The molecule has 1 fully saturated rings. The summed E-state index contributed by atoms with van der Waals surface area (Å²) in [6.45, 7) is 4.26. The SMILES string of the molecule is Cc1ccc(C)c(-c2ccc3nc(NC4CCC(O)CC4)ncc3c2)c1. The zero-order valence-corrected chi connectivity index (χ0v) is 15.4. The van der Waals surface area contributed by atoms with Crippen molar-refractivity contribution in [2.75, 3.05) is 5.32 Å². The van der Waals surface area contributed by atoms with Gasteiger partial charge in [0, 0.05) is 17.6 Å². The summed E-state index contributed by atoms with van der Waals surface area (Å²) in [5, 5.41) is 14.1. The van der Waals surface area contributed by atoms with Crippen molar-refractivity contribution >= 4 is 16.9 Å². The number of anilines is 1. The van der Waals surface area contributed by atoms with Gasteiger partial charge in [0.1, 0.15) is 0 Å². The van der Waals surface area contributed by atoms with Crippen molar-refractivity contribution in [3.05, 3.63) is 53.7 Å². The average Bonchev–Trinajstić information content (AvgIpc) is 2.65. The molecule has 4 heteroatoms. The zero-order chi connectivity index (χ0) is 18.1. The lowest BCUT2D eigenvalue weighted by molar-refractivity contribution is 0.126. The Morgan fingerprint density at radius 1 is 1.00 bits per heavy atom. The van der Waals surface area contributed by atoms with E-state index < -0.39 is 0 Å². The van der Waals surface area contributed by atoms with Crippen LogP contribution in [0.1, 0.15) is 36.8 Å². The molecule has 134 valence electrons. The summed E-state index contributed by atoms with van der Waals surface area (Å²) in [5.41, 5.74) is 5.94. The number of benzene rings is 2. The highest BCUT2D eigenvalue weighted by atomic mass is 16.3. The fourth-order valence-electron chi connectivity index (χ4n) is 3.72. The second-order valence-electron chi connectivity index (χ2n) is 7.44. The predicted octanol–water partition coefficient (Wildman–Crippen LogP) is 4.63. The van der Waals surface area contributed by atoms with Crippen LogP contribution in [-0.2, 0) is 0 Å². The van der Waals surface area contributed by atoms with Crippen LogP contribution in [0.4, 0.5) is 5.95 Å². The van der Waals surface area contributed by atoms with Crippen LogP contribution in [0.15, 0.2) is 42.6 Å². The normalized spacial score (nSPS) is 20.3. The van der Waals surface area contributed by atoms with Crippen molar-refractivity contribution in [2.45, 2.75) is 51.7 Å². The molecular weight excluding hydrogens is 322 g/mol. The van der Waals surface area contributed by atoms with E-state index in [4.69, 9.17) is 0 Å². The van der Waals surface area contributed by atoms with E-state index in [2.05, 4.69) is 65.5 Å². The van der Waals surface area contributed by atoms with E-state index in [1.807, 2.05) is 6.20 Å². The van der Waals surface area contributed by atoms with Gasteiger partial charge in [-0.15, -0.1) is 0 Å². The summed E-state index contributed by atoms with van der Waals surface area (Å²) in [6.07, 6.45) is 5.39. The zero-order valence-electron chi connectivity index (χ0n) is 15.4. The van der Waals surface area contributed by atoms with Crippen LogP contribution in [0.2, 0.25) is 0 Å². The number of nitrogens with zero attached hydrogens (tertiary/aromatic N) is 2. The van der Waals surface area contributed by atoms with Crippen molar-refractivity contribution in [1.29, 1.82) is 0 Å². The molecule has 1 heterocycles. The van der Waals surface area contributed by atoms with Gasteiger partial charge in [-0.05, 0) is 68.4 Å². The van der Waals surface area contributed by atoms with Gasteiger partial charge >= 0.3 is 0 Å². The Labute approximate surface area is 154 Å². The molecule has 2 N–H and O–H groups in total. The maximum absolute atomic E-state index is 9.63. The Kier molecular flexibility index (Phi) is 4.60. The van der Waals surface area contributed by atoms with Gasteiger partial charge in [-0.2, -0.15) is 0 Å². The van der Waals surface area contributed by atoms with Crippen molar-refractivity contribution in [1.82, 2.24) is 9.97 Å². The first-order chi connectivity index (χ1) is 12.6. The molecule has 1 saturated carbocycles. The van der Waals surface area contributed by atoms with Gasteiger partial charge < -0.3 is 10.4 Å². The van der Waals surface area contributed by atoms with Crippen LogP contribution >= 0.6 is 0 Å². The molecule has 0 bridgehead atoms. The second-order valence-corrected chi connectivity index (χ2v) is 7.44. The maximum atomic E-state index is 9.63. The lowest BCUT2D eigenvalue weighted by Gasteiger charge is -2.26. The smallest absolute Gasteiger partial charge is 0.223 e. The summed E-state index contributed by atoms with van der Waals surface area (Å²) in [7, 11) is 0. The third kappa shape index (κ3) is 3.56. The highest BCUT2D eigenvalue weighted by Crippen LogP contribution is 2.28. The van der Waals surface area contributed by atoms with Crippen LogP contribution in [-0.4, -0.2) is 27.2 Å². The predicted molar refractivity (Wildman–Crippen MR) is 106 cm³/mol. The Bertz CT molecular complexity index is 930. The second kappa shape index (κ2) is 7.04. The van der Waals surface area contributed by atoms with Crippen LogP contribution in [0.25, 0.3) is 22.0 Å². The Hall–Kier alpha value is -2.46. The van der Waals surface area contributed by atoms with E-state index in [0.717, 1.165) is 36.6 Å². The molecule has 0 atom stereocenters. The molecular formula is C22H25N3O. The fourth-order valence-corrected chi connectivity index (χ4v) is 3.72. The Balaban J connectivity index is 1.59. The molecule has 0 spiro atoms. The van der Waals surface area contributed by atoms with Gasteiger partial charge in [0.2, 0.25) is 5.95 Å². The lowest BCUT2D eigenvalue weighted by atomic mass is 9.93. The minimum Gasteiger partial charge on any atom is -0.393 e.